The van der Waals surface area contributed by atoms with Gasteiger partial charge in [0.15, 0.2) is 0 Å². The summed E-state index contributed by atoms with van der Waals surface area (Å²) < 4.78 is 13.2. The Balaban J connectivity index is 2.33. The lowest BCUT2D eigenvalue weighted by Gasteiger charge is -2.31. The molecule has 5 heteroatoms. The molecule has 1 aromatic rings. The molecule has 0 spiro atoms. The van der Waals surface area contributed by atoms with Gasteiger partial charge < -0.3 is 15.7 Å². The van der Waals surface area contributed by atoms with Gasteiger partial charge >= 0.3 is 0 Å². The molecule has 1 saturated carbocycles. The summed E-state index contributed by atoms with van der Waals surface area (Å²) in [4.78, 5) is 13.2. The van der Waals surface area contributed by atoms with Crippen LogP contribution in [0, 0.1) is 5.82 Å². The number of amides is 1. The number of hydrogen-bond acceptors (Lipinski definition) is 3. The van der Waals surface area contributed by atoms with Gasteiger partial charge in [0, 0.05) is 17.3 Å². The quantitative estimate of drug-likeness (QED) is 0.849. The van der Waals surface area contributed by atoms with Gasteiger partial charge in [-0.3, -0.25) is 4.79 Å². The van der Waals surface area contributed by atoms with E-state index in [2.05, 4.69) is 0 Å². The molecular weight excluding hydrogens is 247 g/mol. The number of nitrogens with zero attached hydrogens (tertiary/aromatic N) is 1. The van der Waals surface area contributed by atoms with Crippen LogP contribution in [0.15, 0.2) is 18.2 Å². The third-order valence-electron chi connectivity index (χ3n) is 3.61. The molecule has 0 aromatic heterocycles. The number of carbonyl (C=O) groups excluding carboxylic acids is 1. The molecule has 1 aliphatic carbocycles. The first-order valence-corrected chi connectivity index (χ1v) is 6.56. The first kappa shape index (κ1) is 13.8. The van der Waals surface area contributed by atoms with Crippen LogP contribution in [0.2, 0.25) is 0 Å². The highest BCUT2D eigenvalue weighted by Crippen LogP contribution is 2.30. The van der Waals surface area contributed by atoms with Gasteiger partial charge in [0.25, 0.3) is 0 Å². The third kappa shape index (κ3) is 3.23. The third-order valence-corrected chi connectivity index (χ3v) is 3.61. The van der Waals surface area contributed by atoms with E-state index in [0.29, 0.717) is 11.3 Å². The molecular formula is C14H19FN2O2. The lowest BCUT2D eigenvalue weighted by Crippen LogP contribution is -2.40. The maximum Gasteiger partial charge on any atom is 0.236 e. The topological polar surface area (TPSA) is 66.6 Å². The number of rotatable bonds is 5. The summed E-state index contributed by atoms with van der Waals surface area (Å²) in [5.74, 6) is -0.807. The van der Waals surface area contributed by atoms with E-state index >= 15 is 0 Å². The van der Waals surface area contributed by atoms with Crippen molar-refractivity contribution in [3.05, 3.63) is 29.6 Å². The van der Waals surface area contributed by atoms with Crippen molar-refractivity contribution >= 4 is 11.6 Å². The molecule has 0 bridgehead atoms. The number of nitrogens with two attached hydrogens (primary N) is 1. The number of primary amides is 1. The van der Waals surface area contributed by atoms with E-state index in [1.807, 2.05) is 4.90 Å². The second kappa shape index (κ2) is 6.02. The summed E-state index contributed by atoms with van der Waals surface area (Å²) in [7, 11) is 0. The molecule has 1 aliphatic rings. The Morgan fingerprint density at radius 2 is 2.11 bits per heavy atom. The van der Waals surface area contributed by atoms with Crippen molar-refractivity contribution in [2.24, 2.45) is 5.73 Å². The summed E-state index contributed by atoms with van der Waals surface area (Å²) in [6.07, 6.45) is 4.23. The van der Waals surface area contributed by atoms with Crippen LogP contribution in [0.25, 0.3) is 0 Å². The highest BCUT2D eigenvalue weighted by molar-refractivity contribution is 5.80. The smallest absolute Gasteiger partial charge is 0.236 e. The fraction of sp³-hybridized carbons (Fsp3) is 0.500. The highest BCUT2D eigenvalue weighted by Gasteiger charge is 2.25. The van der Waals surface area contributed by atoms with Crippen molar-refractivity contribution in [1.82, 2.24) is 0 Å². The van der Waals surface area contributed by atoms with Gasteiger partial charge in [0.2, 0.25) is 5.91 Å². The fourth-order valence-electron chi connectivity index (χ4n) is 2.76. The minimum Gasteiger partial charge on any atom is -0.392 e. The van der Waals surface area contributed by atoms with E-state index in [0.717, 1.165) is 25.7 Å². The lowest BCUT2D eigenvalue weighted by molar-refractivity contribution is -0.116. The maximum absolute atomic E-state index is 13.2. The molecule has 0 atom stereocenters. The average Bonchev–Trinajstić information content (AvgIpc) is 2.89. The molecule has 1 aromatic carbocycles. The van der Waals surface area contributed by atoms with Crippen molar-refractivity contribution in [2.75, 3.05) is 11.4 Å². The maximum atomic E-state index is 13.2. The van der Waals surface area contributed by atoms with Crippen LogP contribution in [0.4, 0.5) is 10.1 Å². The van der Waals surface area contributed by atoms with Gasteiger partial charge in [0.05, 0.1) is 13.2 Å². The molecule has 3 N–H and O–H groups in total. The molecule has 0 unspecified atom stereocenters. The number of hydrogen-bond donors (Lipinski definition) is 2. The summed E-state index contributed by atoms with van der Waals surface area (Å²) in [5.41, 5.74) is 6.50. The van der Waals surface area contributed by atoms with E-state index < -0.39 is 11.7 Å². The summed E-state index contributed by atoms with van der Waals surface area (Å²) in [5, 5.41) is 9.36. The zero-order valence-corrected chi connectivity index (χ0v) is 10.8. The monoisotopic (exact) mass is 266 g/mol. The van der Waals surface area contributed by atoms with Crippen LogP contribution < -0.4 is 10.6 Å². The number of carbonyl (C=O) groups is 1. The molecule has 0 radical (unpaired) electrons. The zero-order chi connectivity index (χ0) is 13.8. The van der Waals surface area contributed by atoms with E-state index in [-0.39, 0.29) is 19.2 Å². The minimum absolute atomic E-state index is 0.100. The fourth-order valence-corrected chi connectivity index (χ4v) is 2.76. The van der Waals surface area contributed by atoms with Crippen molar-refractivity contribution in [3.8, 4) is 0 Å². The van der Waals surface area contributed by atoms with Gasteiger partial charge in [-0.2, -0.15) is 0 Å². The molecule has 0 aliphatic heterocycles. The second-order valence-electron chi connectivity index (χ2n) is 4.96. The van der Waals surface area contributed by atoms with Gasteiger partial charge in [-0.05, 0) is 31.0 Å². The first-order chi connectivity index (χ1) is 9.11. The SMILES string of the molecule is NC(=O)CN(c1ccc(F)cc1CO)C1CCCC1. The molecule has 1 amide bonds. The van der Waals surface area contributed by atoms with Crippen molar-refractivity contribution in [2.45, 2.75) is 38.3 Å². The molecule has 19 heavy (non-hydrogen) atoms. The van der Waals surface area contributed by atoms with Crippen molar-refractivity contribution < 1.29 is 14.3 Å². The molecule has 1 fully saturated rings. The van der Waals surface area contributed by atoms with Crippen LogP contribution >= 0.6 is 0 Å². The van der Waals surface area contributed by atoms with E-state index in [9.17, 15) is 14.3 Å². The number of halogens is 1. The molecule has 4 nitrogen and oxygen atoms in total. The second-order valence-corrected chi connectivity index (χ2v) is 4.96. The van der Waals surface area contributed by atoms with Gasteiger partial charge in [-0.15, -0.1) is 0 Å². The Hall–Kier alpha value is -1.62. The number of aliphatic hydroxyl groups excluding tert-OH is 1. The first-order valence-electron chi connectivity index (χ1n) is 6.56. The Morgan fingerprint density at radius 3 is 2.68 bits per heavy atom. The number of aliphatic hydroxyl groups is 1. The van der Waals surface area contributed by atoms with E-state index in [1.54, 1.807) is 6.07 Å². The van der Waals surface area contributed by atoms with Crippen molar-refractivity contribution in [1.29, 1.82) is 0 Å². The predicted molar refractivity (Wildman–Crippen MR) is 71.1 cm³/mol. The predicted octanol–water partition coefficient (Wildman–Crippen LogP) is 1.55. The molecule has 2 rings (SSSR count). The molecule has 0 heterocycles. The number of anilines is 1. The minimum atomic E-state index is -0.417. The van der Waals surface area contributed by atoms with Crippen LogP contribution in [0.5, 0.6) is 0 Å². The molecule has 104 valence electrons. The van der Waals surface area contributed by atoms with Gasteiger partial charge in [-0.1, -0.05) is 12.8 Å². The van der Waals surface area contributed by atoms with E-state index in [4.69, 9.17) is 5.73 Å². The van der Waals surface area contributed by atoms with Gasteiger partial charge in [0.1, 0.15) is 5.82 Å². The van der Waals surface area contributed by atoms with Crippen molar-refractivity contribution in [3.63, 3.8) is 0 Å². The highest BCUT2D eigenvalue weighted by atomic mass is 19.1. The van der Waals surface area contributed by atoms with Gasteiger partial charge in [-0.25, -0.2) is 4.39 Å². The number of benzene rings is 1. The molecule has 0 saturated heterocycles. The largest absolute Gasteiger partial charge is 0.392 e. The Bertz CT molecular complexity index is 459. The summed E-state index contributed by atoms with van der Waals surface area (Å²) in [6.45, 7) is -0.154. The normalized spacial score (nSPS) is 15.7. The van der Waals surface area contributed by atoms with Crippen LogP contribution in [0.1, 0.15) is 31.2 Å². The van der Waals surface area contributed by atoms with E-state index in [1.165, 1.54) is 12.1 Å². The Morgan fingerprint density at radius 1 is 1.42 bits per heavy atom. The summed E-state index contributed by atoms with van der Waals surface area (Å²) >= 11 is 0. The van der Waals surface area contributed by atoms with Crippen LogP contribution in [-0.4, -0.2) is 23.6 Å². The Labute approximate surface area is 112 Å². The van der Waals surface area contributed by atoms with Crippen LogP contribution in [0.3, 0.4) is 0 Å². The zero-order valence-electron chi connectivity index (χ0n) is 10.8. The Kier molecular flexibility index (Phi) is 4.37. The lowest BCUT2D eigenvalue weighted by atomic mass is 10.1. The standard InChI is InChI=1S/C14H19FN2O2/c15-11-5-6-13(10(7-11)9-18)17(8-14(16)19)12-3-1-2-4-12/h5-7,12,18H,1-4,8-9H2,(H2,16,19). The summed E-state index contributed by atoms with van der Waals surface area (Å²) in [6, 6.07) is 4.50. The van der Waals surface area contributed by atoms with Crippen LogP contribution in [-0.2, 0) is 11.4 Å². The average molecular weight is 266 g/mol.